The van der Waals surface area contributed by atoms with Gasteiger partial charge in [-0.3, -0.25) is 19.7 Å². The summed E-state index contributed by atoms with van der Waals surface area (Å²) in [5, 5.41) is 29.9. The molecule has 2 amide bonds. The zero-order chi connectivity index (χ0) is 43.8. The van der Waals surface area contributed by atoms with E-state index in [-0.39, 0.29) is 28.5 Å². The highest BCUT2D eigenvalue weighted by Gasteiger charge is 2.21. The maximum atomic E-state index is 12.2. The number of nitrogens with zero attached hydrogens (tertiary/aromatic N) is 5. The van der Waals surface area contributed by atoms with Crippen molar-refractivity contribution in [2.75, 3.05) is 41.1 Å². The predicted octanol–water partition coefficient (Wildman–Crippen LogP) is 9.20. The van der Waals surface area contributed by atoms with Crippen LogP contribution in [0, 0.1) is 10.1 Å². The van der Waals surface area contributed by atoms with Crippen molar-refractivity contribution in [3.63, 3.8) is 0 Å². The number of carbonyl (C=O) groups is 2. The van der Waals surface area contributed by atoms with Gasteiger partial charge in [0, 0.05) is 37.6 Å². The van der Waals surface area contributed by atoms with Crippen molar-refractivity contribution in [3.05, 3.63) is 139 Å². The second kappa shape index (κ2) is 19.6. The molecule has 0 fully saturated rings. The highest BCUT2D eigenvalue weighted by molar-refractivity contribution is 6.33. The molecule has 0 saturated heterocycles. The Morgan fingerprint density at radius 2 is 1.08 bits per heavy atom. The van der Waals surface area contributed by atoms with Gasteiger partial charge in [-0.1, -0.05) is 47.5 Å². The lowest BCUT2D eigenvalue weighted by atomic mass is 9.90. The van der Waals surface area contributed by atoms with Crippen molar-refractivity contribution < 1.29 is 14.5 Å². The van der Waals surface area contributed by atoms with E-state index in [9.17, 15) is 19.7 Å². The topological polar surface area (TPSA) is 227 Å². The first-order valence-corrected chi connectivity index (χ1v) is 20.7. The zero-order valence-electron chi connectivity index (χ0n) is 33.9. The summed E-state index contributed by atoms with van der Waals surface area (Å²) in [7, 11) is 3.14. The number of non-ortho nitro benzene ring substituents is 1. The lowest BCUT2D eigenvalue weighted by Gasteiger charge is -2.21. The highest BCUT2D eigenvalue weighted by atomic mass is 35.5. The second-order valence-corrected chi connectivity index (χ2v) is 15.4. The number of nitro benzene ring substituents is 1. The Hall–Kier alpha value is -7.04. The van der Waals surface area contributed by atoms with E-state index in [0.717, 1.165) is 61.8 Å². The molecule has 62 heavy (non-hydrogen) atoms. The van der Waals surface area contributed by atoms with Crippen LogP contribution in [0.15, 0.2) is 85.2 Å². The summed E-state index contributed by atoms with van der Waals surface area (Å²) < 4.78 is 0. The molecule has 2 aliphatic carbocycles. The van der Waals surface area contributed by atoms with Gasteiger partial charge < -0.3 is 37.6 Å². The Kier molecular flexibility index (Phi) is 13.6. The monoisotopic (exact) mass is 874 g/mol. The van der Waals surface area contributed by atoms with Gasteiger partial charge in [0.25, 0.3) is 17.5 Å². The summed E-state index contributed by atoms with van der Waals surface area (Å²) in [4.78, 5) is 52.8. The number of aryl methyl sites for hydroxylation is 2. The van der Waals surface area contributed by atoms with Crippen LogP contribution in [0.1, 0.15) is 68.7 Å². The lowest BCUT2D eigenvalue weighted by molar-refractivity contribution is -0.384. The number of anilines is 9. The number of nitrogens with two attached hydrogens (primary N) is 1. The van der Waals surface area contributed by atoms with E-state index in [2.05, 4.69) is 51.8 Å². The molecule has 2 heterocycles. The first-order chi connectivity index (χ1) is 30.0. The van der Waals surface area contributed by atoms with Gasteiger partial charge in [-0.05, 0) is 110 Å². The Morgan fingerprint density at radius 1 is 0.629 bits per heavy atom. The number of hydrogen-bond acceptors (Lipinski definition) is 13. The average molecular weight is 876 g/mol. The molecule has 0 unspecified atom stereocenters. The number of fused-ring (bicyclic) bond motifs is 2. The third kappa shape index (κ3) is 10.1. The molecule has 0 spiro atoms. The van der Waals surface area contributed by atoms with Gasteiger partial charge in [0.2, 0.25) is 11.9 Å². The molecule has 4 aromatic carbocycles. The highest BCUT2D eigenvalue weighted by Crippen LogP contribution is 2.36. The Labute approximate surface area is 367 Å². The molecule has 2 aliphatic rings. The molecule has 0 atom stereocenters. The number of nitrogens with one attached hydrogen (secondary N) is 6. The molecule has 8 N–H and O–H groups in total. The number of amides is 2. The summed E-state index contributed by atoms with van der Waals surface area (Å²) in [6, 6.07) is 21.3. The standard InChI is InChI=1S/C22H21ClN6O3.C22H23ClN6O/c1-24-21(30)16-8-4-5-9-18(16)26-20-17(23)12-25-22(28-20)27-19-11-14(29(31)32)10-13-6-2-3-7-15(13)19;1-25-21(30)16-8-4-5-9-18(16)27-20-17(23)12-26-22(29-20)28-19-11-14(24)10-13-6-2-3-7-15(13)19/h4-5,8-12H,2-3,6-7H2,1H3,(H,24,30)(H2,25,26,27,28);4-5,8-12H,2-3,6-7,24H2,1H3,(H,25,30)(H2,26,27,28,29). The Bertz CT molecular complexity index is 2660. The van der Waals surface area contributed by atoms with Crippen LogP contribution >= 0.6 is 23.2 Å². The SMILES string of the molecule is CNC(=O)c1ccccc1Nc1nc(Nc2cc(N)cc3c2CCCC3)ncc1Cl.CNC(=O)c1ccccc1Nc1nc(Nc2cc([N+](=O)[O-])cc3c2CCCC3)ncc1Cl. The van der Waals surface area contributed by atoms with Crippen LogP contribution < -0.4 is 37.6 Å². The van der Waals surface area contributed by atoms with Crippen molar-refractivity contribution in [1.82, 2.24) is 30.6 Å². The minimum absolute atomic E-state index is 0.0277. The van der Waals surface area contributed by atoms with Crippen molar-refractivity contribution in [2.24, 2.45) is 0 Å². The van der Waals surface area contributed by atoms with Gasteiger partial charge >= 0.3 is 0 Å². The quantitative estimate of drug-likeness (QED) is 0.0366. The van der Waals surface area contributed by atoms with Crippen LogP contribution in [0.5, 0.6) is 0 Å². The molecule has 8 rings (SSSR count). The van der Waals surface area contributed by atoms with Gasteiger partial charge in [0.1, 0.15) is 10.0 Å². The number of para-hydroxylation sites is 2. The number of nitrogen functional groups attached to an aromatic ring is 1. The fraction of sp³-hybridized carbons (Fsp3) is 0.227. The normalized spacial score (nSPS) is 12.6. The molecular weight excluding hydrogens is 831 g/mol. The Balaban J connectivity index is 0.000000187. The number of benzene rings is 4. The molecule has 0 aliphatic heterocycles. The first kappa shape index (κ1) is 43.1. The van der Waals surface area contributed by atoms with Crippen molar-refractivity contribution in [3.8, 4) is 0 Å². The molecule has 16 nitrogen and oxygen atoms in total. The second-order valence-electron chi connectivity index (χ2n) is 14.5. The van der Waals surface area contributed by atoms with Crippen LogP contribution in [-0.4, -0.2) is 50.8 Å². The van der Waals surface area contributed by atoms with E-state index in [1.807, 2.05) is 18.2 Å². The van der Waals surface area contributed by atoms with Gasteiger partial charge in [-0.2, -0.15) is 9.97 Å². The average Bonchev–Trinajstić information content (AvgIpc) is 3.28. The maximum absolute atomic E-state index is 12.2. The third-order valence-corrected chi connectivity index (χ3v) is 11.0. The summed E-state index contributed by atoms with van der Waals surface area (Å²) in [5.41, 5.74) is 15.0. The lowest BCUT2D eigenvalue weighted by Crippen LogP contribution is -2.19. The van der Waals surface area contributed by atoms with Gasteiger partial charge in [-0.15, -0.1) is 0 Å². The fourth-order valence-corrected chi connectivity index (χ4v) is 7.72. The van der Waals surface area contributed by atoms with Crippen molar-refractivity contribution in [2.45, 2.75) is 51.4 Å². The van der Waals surface area contributed by atoms with Gasteiger partial charge in [-0.25, -0.2) is 9.97 Å². The molecule has 0 saturated carbocycles. The fourth-order valence-electron chi connectivity index (χ4n) is 7.45. The van der Waals surface area contributed by atoms with Crippen LogP contribution in [0.4, 0.5) is 57.7 Å². The summed E-state index contributed by atoms with van der Waals surface area (Å²) in [6.07, 6.45) is 11.0. The van der Waals surface area contributed by atoms with Crippen molar-refractivity contribution in [1.29, 1.82) is 0 Å². The van der Waals surface area contributed by atoms with E-state index in [1.165, 1.54) is 36.0 Å². The van der Waals surface area contributed by atoms with Crippen LogP contribution in [-0.2, 0) is 25.7 Å². The number of halogens is 2. The first-order valence-electron chi connectivity index (χ1n) is 20.0. The van der Waals surface area contributed by atoms with Gasteiger partial charge in [0.15, 0.2) is 11.6 Å². The smallest absolute Gasteiger partial charge is 0.271 e. The van der Waals surface area contributed by atoms with E-state index in [4.69, 9.17) is 28.9 Å². The predicted molar refractivity (Wildman–Crippen MR) is 244 cm³/mol. The molecule has 2 aromatic heterocycles. The molecule has 0 radical (unpaired) electrons. The molecule has 18 heteroatoms. The van der Waals surface area contributed by atoms with E-state index < -0.39 is 4.92 Å². The molecule has 0 bridgehead atoms. The molecule has 6 aromatic rings. The van der Waals surface area contributed by atoms with Crippen LogP contribution in [0.2, 0.25) is 10.0 Å². The number of hydrogen-bond donors (Lipinski definition) is 7. The zero-order valence-corrected chi connectivity index (χ0v) is 35.5. The number of aromatic nitrogens is 4. The number of nitro groups is 1. The van der Waals surface area contributed by atoms with E-state index >= 15 is 0 Å². The Morgan fingerprint density at radius 3 is 1.56 bits per heavy atom. The van der Waals surface area contributed by atoms with Crippen LogP contribution in [0.25, 0.3) is 0 Å². The largest absolute Gasteiger partial charge is 0.399 e. The maximum Gasteiger partial charge on any atom is 0.271 e. The third-order valence-electron chi connectivity index (χ3n) is 10.4. The van der Waals surface area contributed by atoms with Crippen LogP contribution in [0.3, 0.4) is 0 Å². The number of rotatable bonds is 11. The summed E-state index contributed by atoms with van der Waals surface area (Å²) >= 11 is 12.6. The molecule has 318 valence electrons. The molecular formula is C44H44Cl2N12O4. The summed E-state index contributed by atoms with van der Waals surface area (Å²) in [6.45, 7) is 0. The minimum atomic E-state index is -0.397. The number of carbonyl (C=O) groups excluding carboxylic acids is 2. The van der Waals surface area contributed by atoms with E-state index in [0.29, 0.717) is 56.5 Å². The van der Waals surface area contributed by atoms with Gasteiger partial charge in [0.05, 0.1) is 45.5 Å². The van der Waals surface area contributed by atoms with Crippen molar-refractivity contribution >= 4 is 92.7 Å². The summed E-state index contributed by atoms with van der Waals surface area (Å²) in [5.74, 6) is 0.899. The minimum Gasteiger partial charge on any atom is -0.399 e. The van der Waals surface area contributed by atoms with E-state index in [1.54, 1.807) is 62.6 Å².